The topological polar surface area (TPSA) is 12.5 Å². The second kappa shape index (κ2) is 4.95. The highest BCUT2D eigenvalue weighted by Gasteiger charge is 2.38. The summed E-state index contributed by atoms with van der Waals surface area (Å²) in [6, 6.07) is 17.2. The molecule has 0 saturated heterocycles. The third-order valence-corrected chi connectivity index (χ3v) is 4.66. The van der Waals surface area contributed by atoms with Gasteiger partial charge in [-0.05, 0) is 49.2 Å². The van der Waals surface area contributed by atoms with E-state index in [9.17, 15) is 0 Å². The first-order valence-electron chi connectivity index (χ1n) is 7.10. The molecule has 2 nitrogen and oxygen atoms in total. The van der Waals surface area contributed by atoms with Crippen LogP contribution in [0.1, 0.15) is 23.6 Å². The van der Waals surface area contributed by atoms with Crippen LogP contribution in [-0.4, -0.2) is 25.6 Å². The van der Waals surface area contributed by atoms with Crippen molar-refractivity contribution in [1.82, 2.24) is 4.90 Å². The molecule has 0 amide bonds. The summed E-state index contributed by atoms with van der Waals surface area (Å²) < 4.78 is 5.43. The van der Waals surface area contributed by atoms with Crippen LogP contribution >= 0.6 is 0 Å². The standard InChI is InChI=1S/C18H21NO/c1-18(15-7-5-4-6-8-15)17-13-16(20-3)10-9-14(17)11-12-19(18)2/h4-10,13H,11-12H2,1-3H3. The number of nitrogens with zero attached hydrogens (tertiary/aromatic N) is 1. The summed E-state index contributed by atoms with van der Waals surface area (Å²) in [6.07, 6.45) is 1.10. The van der Waals surface area contributed by atoms with Gasteiger partial charge < -0.3 is 4.74 Å². The zero-order valence-corrected chi connectivity index (χ0v) is 12.4. The largest absolute Gasteiger partial charge is 0.497 e. The average molecular weight is 267 g/mol. The fourth-order valence-corrected chi connectivity index (χ4v) is 3.21. The van der Waals surface area contributed by atoms with Gasteiger partial charge in [0.2, 0.25) is 0 Å². The molecule has 1 aliphatic rings. The van der Waals surface area contributed by atoms with Crippen molar-refractivity contribution in [2.24, 2.45) is 0 Å². The smallest absolute Gasteiger partial charge is 0.119 e. The predicted molar refractivity (Wildman–Crippen MR) is 82.2 cm³/mol. The Morgan fingerprint density at radius 2 is 1.85 bits per heavy atom. The lowest BCUT2D eigenvalue weighted by Gasteiger charge is -2.44. The minimum atomic E-state index is -0.0939. The van der Waals surface area contributed by atoms with E-state index in [-0.39, 0.29) is 5.54 Å². The lowest BCUT2D eigenvalue weighted by molar-refractivity contribution is 0.164. The summed E-state index contributed by atoms with van der Waals surface area (Å²) in [7, 11) is 3.93. The Morgan fingerprint density at radius 1 is 1.10 bits per heavy atom. The van der Waals surface area contributed by atoms with E-state index in [1.807, 2.05) is 0 Å². The molecule has 0 radical (unpaired) electrons. The summed E-state index contributed by atoms with van der Waals surface area (Å²) in [6.45, 7) is 3.38. The molecule has 2 aromatic rings. The maximum Gasteiger partial charge on any atom is 0.119 e. The van der Waals surface area contributed by atoms with Crippen LogP contribution in [0.25, 0.3) is 0 Å². The Kier molecular flexibility index (Phi) is 3.27. The number of rotatable bonds is 2. The Hall–Kier alpha value is -1.80. The Balaban J connectivity index is 2.21. The molecule has 2 heteroatoms. The van der Waals surface area contributed by atoms with Crippen LogP contribution in [0.15, 0.2) is 48.5 Å². The van der Waals surface area contributed by atoms with Crippen LogP contribution in [0.5, 0.6) is 5.75 Å². The summed E-state index contributed by atoms with van der Waals surface area (Å²) in [5.74, 6) is 0.932. The molecule has 1 heterocycles. The molecule has 1 unspecified atom stereocenters. The van der Waals surface area contributed by atoms with E-state index in [0.717, 1.165) is 18.7 Å². The van der Waals surface area contributed by atoms with Gasteiger partial charge in [-0.2, -0.15) is 0 Å². The van der Waals surface area contributed by atoms with Gasteiger partial charge in [-0.1, -0.05) is 36.4 Å². The lowest BCUT2D eigenvalue weighted by atomic mass is 9.77. The van der Waals surface area contributed by atoms with Crippen molar-refractivity contribution in [2.75, 3.05) is 20.7 Å². The van der Waals surface area contributed by atoms with Gasteiger partial charge in [0, 0.05) is 6.54 Å². The maximum atomic E-state index is 5.43. The number of benzene rings is 2. The Morgan fingerprint density at radius 3 is 2.55 bits per heavy atom. The average Bonchev–Trinajstić information content (AvgIpc) is 2.51. The van der Waals surface area contributed by atoms with E-state index in [0.29, 0.717) is 0 Å². The van der Waals surface area contributed by atoms with Gasteiger partial charge in [0.1, 0.15) is 5.75 Å². The minimum Gasteiger partial charge on any atom is -0.497 e. The van der Waals surface area contributed by atoms with E-state index < -0.39 is 0 Å². The molecule has 3 rings (SSSR count). The third kappa shape index (κ3) is 1.92. The van der Waals surface area contributed by atoms with E-state index >= 15 is 0 Å². The number of hydrogen-bond donors (Lipinski definition) is 0. The highest BCUT2D eigenvalue weighted by molar-refractivity contribution is 5.47. The molecule has 0 spiro atoms. The molecule has 20 heavy (non-hydrogen) atoms. The van der Waals surface area contributed by atoms with Gasteiger partial charge in [-0.15, -0.1) is 0 Å². The van der Waals surface area contributed by atoms with Crippen molar-refractivity contribution >= 4 is 0 Å². The van der Waals surface area contributed by atoms with E-state index in [2.05, 4.69) is 67.4 Å². The molecule has 0 N–H and O–H groups in total. The molecule has 1 atom stereocenters. The van der Waals surface area contributed by atoms with Crippen molar-refractivity contribution in [3.8, 4) is 5.75 Å². The predicted octanol–water partition coefficient (Wildman–Crippen LogP) is 3.45. The third-order valence-electron chi connectivity index (χ3n) is 4.66. The molecule has 0 fully saturated rings. The number of likely N-dealkylation sites (N-methyl/N-ethyl adjacent to an activating group) is 1. The highest BCUT2D eigenvalue weighted by Crippen LogP contribution is 2.41. The van der Waals surface area contributed by atoms with Crippen molar-refractivity contribution < 1.29 is 4.74 Å². The Labute approximate surface area is 121 Å². The molecule has 1 aliphatic heterocycles. The van der Waals surface area contributed by atoms with Gasteiger partial charge in [0.25, 0.3) is 0 Å². The molecule has 2 aromatic carbocycles. The fourth-order valence-electron chi connectivity index (χ4n) is 3.21. The van der Waals surface area contributed by atoms with Gasteiger partial charge >= 0.3 is 0 Å². The monoisotopic (exact) mass is 267 g/mol. The van der Waals surface area contributed by atoms with Crippen molar-refractivity contribution in [3.63, 3.8) is 0 Å². The first-order chi connectivity index (χ1) is 9.66. The summed E-state index contributed by atoms with van der Waals surface area (Å²) in [5, 5.41) is 0. The summed E-state index contributed by atoms with van der Waals surface area (Å²) in [5.41, 5.74) is 4.02. The second-order valence-corrected chi connectivity index (χ2v) is 5.63. The van der Waals surface area contributed by atoms with Crippen molar-refractivity contribution in [3.05, 3.63) is 65.2 Å². The molecule has 0 aromatic heterocycles. The molecule has 0 aliphatic carbocycles. The van der Waals surface area contributed by atoms with E-state index in [4.69, 9.17) is 4.74 Å². The van der Waals surface area contributed by atoms with E-state index in [1.54, 1.807) is 7.11 Å². The Bertz CT molecular complexity index is 608. The van der Waals surface area contributed by atoms with Gasteiger partial charge in [-0.25, -0.2) is 0 Å². The molecule has 0 saturated carbocycles. The SMILES string of the molecule is COc1ccc2c(c1)C(C)(c1ccccc1)N(C)CC2. The first kappa shape index (κ1) is 13.2. The van der Waals surface area contributed by atoms with Crippen LogP contribution < -0.4 is 4.74 Å². The van der Waals surface area contributed by atoms with Gasteiger partial charge in [-0.3, -0.25) is 4.90 Å². The molecular formula is C18H21NO. The second-order valence-electron chi connectivity index (χ2n) is 5.63. The van der Waals surface area contributed by atoms with Crippen LogP contribution in [-0.2, 0) is 12.0 Å². The first-order valence-corrected chi connectivity index (χ1v) is 7.10. The van der Waals surface area contributed by atoms with Crippen LogP contribution in [0, 0.1) is 0 Å². The molecule has 104 valence electrons. The van der Waals surface area contributed by atoms with Gasteiger partial charge in [0.15, 0.2) is 0 Å². The number of methoxy groups -OCH3 is 1. The van der Waals surface area contributed by atoms with Crippen LogP contribution in [0.2, 0.25) is 0 Å². The zero-order valence-electron chi connectivity index (χ0n) is 12.4. The summed E-state index contributed by atoms with van der Waals surface area (Å²) in [4.78, 5) is 2.43. The summed E-state index contributed by atoms with van der Waals surface area (Å²) >= 11 is 0. The lowest BCUT2D eigenvalue weighted by Crippen LogP contribution is -2.47. The van der Waals surface area contributed by atoms with Gasteiger partial charge in [0.05, 0.1) is 12.6 Å². The normalized spacial score (nSPS) is 22.4. The maximum absolute atomic E-state index is 5.43. The van der Waals surface area contributed by atoms with E-state index in [1.165, 1.54) is 16.7 Å². The minimum absolute atomic E-state index is 0.0939. The van der Waals surface area contributed by atoms with Crippen molar-refractivity contribution in [2.45, 2.75) is 18.9 Å². The van der Waals surface area contributed by atoms with Crippen LogP contribution in [0.3, 0.4) is 0 Å². The zero-order chi connectivity index (χ0) is 14.2. The van der Waals surface area contributed by atoms with Crippen LogP contribution in [0.4, 0.5) is 0 Å². The quantitative estimate of drug-likeness (QED) is 0.826. The number of fused-ring (bicyclic) bond motifs is 1. The fraction of sp³-hybridized carbons (Fsp3) is 0.333. The van der Waals surface area contributed by atoms with Crippen molar-refractivity contribution in [1.29, 1.82) is 0 Å². The highest BCUT2D eigenvalue weighted by atomic mass is 16.5. The number of hydrogen-bond acceptors (Lipinski definition) is 2. The molecule has 0 bridgehead atoms. The number of ether oxygens (including phenoxy) is 1. The molecular weight excluding hydrogens is 246 g/mol.